The summed E-state index contributed by atoms with van der Waals surface area (Å²) in [6, 6.07) is 9.51. The van der Waals surface area contributed by atoms with Crippen LogP contribution in [0.3, 0.4) is 0 Å². The molecule has 1 aromatic carbocycles. The van der Waals surface area contributed by atoms with Crippen molar-refractivity contribution in [3.63, 3.8) is 0 Å². The third-order valence-corrected chi connectivity index (χ3v) is 2.36. The molecule has 0 aromatic heterocycles. The van der Waals surface area contributed by atoms with Gasteiger partial charge in [0, 0.05) is 11.9 Å². The Bertz CT molecular complexity index is 486. The molecule has 0 radical (unpaired) electrons. The van der Waals surface area contributed by atoms with E-state index in [2.05, 4.69) is 6.58 Å². The highest BCUT2D eigenvalue weighted by Gasteiger charge is 2.19. The highest BCUT2D eigenvalue weighted by Crippen LogP contribution is 2.25. The molecular weight excluding hydrogens is 202 g/mol. The first-order valence-corrected chi connectivity index (χ1v) is 4.85. The molecule has 0 aliphatic carbocycles. The van der Waals surface area contributed by atoms with Gasteiger partial charge in [-0.25, -0.2) is 4.79 Å². The number of hydrogen-bond donors (Lipinski definition) is 1. The molecule has 0 spiro atoms. The van der Waals surface area contributed by atoms with E-state index in [0.29, 0.717) is 5.70 Å². The smallest absolute Gasteiger partial charge is 0.337 e. The first kappa shape index (κ1) is 10.2. The van der Waals surface area contributed by atoms with Gasteiger partial charge in [0.25, 0.3) is 0 Å². The lowest BCUT2D eigenvalue weighted by molar-refractivity contribution is -0.132. The number of benzene rings is 1. The highest BCUT2D eigenvalue weighted by atomic mass is 16.4. The van der Waals surface area contributed by atoms with Crippen molar-refractivity contribution >= 4 is 11.7 Å². The lowest BCUT2D eigenvalue weighted by Gasteiger charge is -2.25. The number of hydrogen-bond acceptors (Lipinski definition) is 2. The van der Waals surface area contributed by atoms with Gasteiger partial charge in [-0.2, -0.15) is 0 Å². The quantitative estimate of drug-likeness (QED) is 0.820. The number of anilines is 1. The minimum Gasteiger partial charge on any atom is -0.478 e. The molecule has 0 bridgehead atoms. The summed E-state index contributed by atoms with van der Waals surface area (Å²) in [5.74, 6) is -0.963. The number of aliphatic carboxylic acids is 1. The Hall–Kier alpha value is -2.29. The first-order valence-electron chi connectivity index (χ1n) is 4.85. The summed E-state index contributed by atoms with van der Waals surface area (Å²) in [5.41, 5.74) is 1.59. The predicted molar refractivity (Wildman–Crippen MR) is 62.9 cm³/mol. The van der Waals surface area contributed by atoms with Crippen molar-refractivity contribution in [3.05, 3.63) is 66.5 Å². The molecular formula is C13H11NO2. The Morgan fingerprint density at radius 1 is 1.25 bits per heavy atom. The van der Waals surface area contributed by atoms with Crippen LogP contribution >= 0.6 is 0 Å². The third-order valence-electron chi connectivity index (χ3n) is 2.36. The Balaban J connectivity index is 2.35. The van der Waals surface area contributed by atoms with E-state index in [-0.39, 0.29) is 5.57 Å². The lowest BCUT2D eigenvalue weighted by atomic mass is 10.1. The fourth-order valence-corrected chi connectivity index (χ4v) is 1.57. The molecule has 1 N–H and O–H groups in total. The van der Waals surface area contributed by atoms with Crippen molar-refractivity contribution in [1.29, 1.82) is 0 Å². The van der Waals surface area contributed by atoms with Crippen LogP contribution in [0.1, 0.15) is 0 Å². The number of para-hydroxylation sites is 1. The van der Waals surface area contributed by atoms with E-state index in [1.807, 2.05) is 30.3 Å². The van der Waals surface area contributed by atoms with Crippen molar-refractivity contribution < 1.29 is 9.90 Å². The second-order valence-electron chi connectivity index (χ2n) is 3.38. The molecule has 0 atom stereocenters. The number of nitrogens with zero attached hydrogens (tertiary/aromatic N) is 1. The minimum absolute atomic E-state index is 0.214. The molecule has 0 saturated heterocycles. The van der Waals surface area contributed by atoms with Gasteiger partial charge in [0.1, 0.15) is 0 Å². The van der Waals surface area contributed by atoms with Gasteiger partial charge < -0.3 is 10.0 Å². The van der Waals surface area contributed by atoms with E-state index < -0.39 is 5.97 Å². The second kappa shape index (κ2) is 4.06. The molecule has 0 amide bonds. The first-order chi connectivity index (χ1) is 7.70. The number of carboxylic acids is 1. The zero-order valence-corrected chi connectivity index (χ0v) is 8.63. The van der Waals surface area contributed by atoms with E-state index >= 15 is 0 Å². The van der Waals surface area contributed by atoms with Crippen molar-refractivity contribution in [1.82, 2.24) is 0 Å². The van der Waals surface area contributed by atoms with Gasteiger partial charge in [0.05, 0.1) is 11.3 Å². The fourth-order valence-electron chi connectivity index (χ4n) is 1.57. The Morgan fingerprint density at radius 3 is 2.56 bits per heavy atom. The van der Waals surface area contributed by atoms with Gasteiger partial charge in [-0.1, -0.05) is 24.8 Å². The van der Waals surface area contributed by atoms with Crippen molar-refractivity contribution in [2.75, 3.05) is 4.90 Å². The van der Waals surface area contributed by atoms with E-state index in [1.165, 1.54) is 0 Å². The molecule has 2 rings (SSSR count). The van der Waals surface area contributed by atoms with E-state index in [9.17, 15) is 4.79 Å². The molecule has 0 fully saturated rings. The van der Waals surface area contributed by atoms with Gasteiger partial charge in [-0.15, -0.1) is 0 Å². The van der Waals surface area contributed by atoms with Crippen LogP contribution in [-0.2, 0) is 4.79 Å². The summed E-state index contributed by atoms with van der Waals surface area (Å²) >= 11 is 0. The van der Waals surface area contributed by atoms with Crippen LogP contribution in [0.5, 0.6) is 0 Å². The Kier molecular flexibility index (Phi) is 2.60. The van der Waals surface area contributed by atoms with Crippen LogP contribution in [0.25, 0.3) is 0 Å². The Morgan fingerprint density at radius 2 is 1.94 bits per heavy atom. The summed E-state index contributed by atoms with van der Waals surface area (Å²) in [7, 11) is 0. The number of carbonyl (C=O) groups is 1. The average Bonchev–Trinajstić information content (AvgIpc) is 2.30. The van der Waals surface area contributed by atoms with Crippen LogP contribution < -0.4 is 4.90 Å². The van der Waals surface area contributed by atoms with Crippen LogP contribution in [0.2, 0.25) is 0 Å². The molecule has 1 aliphatic rings. The maximum Gasteiger partial charge on any atom is 0.337 e. The van der Waals surface area contributed by atoms with Crippen LogP contribution in [0.4, 0.5) is 5.69 Å². The van der Waals surface area contributed by atoms with Crippen LogP contribution in [0, 0.1) is 0 Å². The van der Waals surface area contributed by atoms with Crippen molar-refractivity contribution in [2.45, 2.75) is 0 Å². The molecule has 0 saturated carbocycles. The zero-order valence-electron chi connectivity index (χ0n) is 8.63. The van der Waals surface area contributed by atoms with Gasteiger partial charge in [0.2, 0.25) is 0 Å². The van der Waals surface area contributed by atoms with Crippen molar-refractivity contribution in [2.24, 2.45) is 0 Å². The molecule has 0 unspecified atom stereocenters. The molecule has 3 heteroatoms. The predicted octanol–water partition coefficient (Wildman–Crippen LogP) is 2.55. The average molecular weight is 213 g/mol. The largest absolute Gasteiger partial charge is 0.478 e. The summed E-state index contributed by atoms with van der Waals surface area (Å²) in [5, 5.41) is 8.98. The molecule has 16 heavy (non-hydrogen) atoms. The lowest BCUT2D eigenvalue weighted by Crippen LogP contribution is -2.21. The number of allylic oxidation sites excluding steroid dienone is 2. The highest BCUT2D eigenvalue weighted by molar-refractivity contribution is 5.94. The van der Waals surface area contributed by atoms with Gasteiger partial charge in [-0.05, 0) is 24.3 Å². The maximum absolute atomic E-state index is 11.0. The topological polar surface area (TPSA) is 40.5 Å². The fraction of sp³-hybridized carbons (Fsp3) is 0. The van der Waals surface area contributed by atoms with E-state index in [0.717, 1.165) is 5.69 Å². The monoisotopic (exact) mass is 213 g/mol. The molecule has 1 heterocycles. The van der Waals surface area contributed by atoms with Crippen LogP contribution in [0.15, 0.2) is 66.5 Å². The van der Waals surface area contributed by atoms with E-state index in [4.69, 9.17) is 5.11 Å². The van der Waals surface area contributed by atoms with Gasteiger partial charge in [-0.3, -0.25) is 0 Å². The maximum atomic E-state index is 11.0. The van der Waals surface area contributed by atoms with Gasteiger partial charge in [0.15, 0.2) is 0 Å². The molecule has 3 nitrogen and oxygen atoms in total. The summed E-state index contributed by atoms with van der Waals surface area (Å²) in [6.45, 7) is 3.80. The minimum atomic E-state index is -0.963. The Labute approximate surface area is 93.6 Å². The summed E-state index contributed by atoms with van der Waals surface area (Å²) in [4.78, 5) is 12.7. The second-order valence-corrected chi connectivity index (χ2v) is 3.38. The summed E-state index contributed by atoms with van der Waals surface area (Å²) in [6.07, 6.45) is 5.04. The normalized spacial score (nSPS) is 14.9. The molecule has 80 valence electrons. The number of rotatable bonds is 2. The summed E-state index contributed by atoms with van der Waals surface area (Å²) < 4.78 is 0. The van der Waals surface area contributed by atoms with E-state index in [1.54, 1.807) is 23.3 Å². The zero-order chi connectivity index (χ0) is 11.5. The van der Waals surface area contributed by atoms with Crippen molar-refractivity contribution in [3.8, 4) is 0 Å². The number of carboxylic acid groups (broad SMARTS) is 1. The van der Waals surface area contributed by atoms with Crippen LogP contribution in [-0.4, -0.2) is 11.1 Å². The standard InChI is InChI=1S/C13H11NO2/c1-10-12(13(15)16)8-5-9-14(10)11-6-3-2-4-7-11/h2-9H,1H2,(H,15,16). The molecule has 1 aromatic rings. The SMILES string of the molecule is C=C1C(C(=O)O)=CC=CN1c1ccccc1. The van der Waals surface area contributed by atoms with Gasteiger partial charge >= 0.3 is 5.97 Å². The third kappa shape index (κ3) is 1.75. The molecule has 1 aliphatic heterocycles.